The lowest BCUT2D eigenvalue weighted by Crippen LogP contribution is -2.14. The van der Waals surface area contributed by atoms with Crippen molar-refractivity contribution in [1.82, 2.24) is 0 Å². The Kier molecular flexibility index (Phi) is 1.56. The second kappa shape index (κ2) is 2.71. The fourth-order valence-corrected chi connectivity index (χ4v) is 1.27. The first kappa shape index (κ1) is 6.93. The Morgan fingerprint density at radius 1 is 1.33 bits per heavy atom. The van der Waals surface area contributed by atoms with Crippen molar-refractivity contribution in [2.75, 3.05) is 0 Å². The van der Waals surface area contributed by atoms with Crippen LogP contribution in [0, 0.1) is 11.3 Å². The molecule has 1 unspecified atom stereocenters. The molecule has 0 fully saturated rings. The summed E-state index contributed by atoms with van der Waals surface area (Å²) in [7, 11) is 0. The van der Waals surface area contributed by atoms with Gasteiger partial charge in [0.05, 0.1) is 17.9 Å². The average molecular weight is 157 g/mol. The molecule has 2 heteroatoms. The highest BCUT2D eigenvalue weighted by Gasteiger charge is 2.17. The maximum atomic E-state index is 8.76. The van der Waals surface area contributed by atoms with E-state index < -0.39 is 0 Å². The van der Waals surface area contributed by atoms with E-state index in [1.54, 1.807) is 12.3 Å². The molecule has 0 N–H and O–H groups in total. The maximum Gasteiger partial charge on any atom is 0.143 e. The van der Waals surface area contributed by atoms with E-state index >= 15 is 0 Å². The summed E-state index contributed by atoms with van der Waals surface area (Å²) in [5.74, 6) is 0. The molecule has 12 heavy (non-hydrogen) atoms. The molecule has 0 saturated heterocycles. The highest BCUT2D eigenvalue weighted by molar-refractivity contribution is 5.50. The van der Waals surface area contributed by atoms with Crippen LogP contribution in [0.15, 0.2) is 47.8 Å². The van der Waals surface area contributed by atoms with E-state index in [1.165, 1.54) is 0 Å². The predicted octanol–water partition coefficient (Wildman–Crippen LogP) is 1.85. The number of nitrogens with zero attached hydrogens (tertiary/aromatic N) is 1. The molecule has 0 radical (unpaired) electrons. The summed E-state index contributed by atoms with van der Waals surface area (Å²) in [4.78, 5) is 0. The van der Waals surface area contributed by atoms with E-state index in [2.05, 4.69) is 6.07 Å². The van der Waals surface area contributed by atoms with Gasteiger partial charge in [0.15, 0.2) is 0 Å². The number of allylic oxidation sites excluding steroid dienone is 4. The molecule has 2 rings (SSSR count). The van der Waals surface area contributed by atoms with Crippen LogP contribution in [-0.4, -0.2) is 6.10 Å². The van der Waals surface area contributed by atoms with E-state index in [0.29, 0.717) is 5.57 Å². The molecule has 0 spiro atoms. The van der Waals surface area contributed by atoms with E-state index in [0.717, 1.165) is 5.57 Å². The van der Waals surface area contributed by atoms with Crippen LogP contribution in [-0.2, 0) is 4.74 Å². The van der Waals surface area contributed by atoms with Crippen molar-refractivity contribution >= 4 is 0 Å². The molecule has 0 bridgehead atoms. The minimum absolute atomic E-state index is 0.0605. The smallest absolute Gasteiger partial charge is 0.143 e. The largest absolute Gasteiger partial charge is 0.489 e. The lowest BCUT2D eigenvalue weighted by molar-refractivity contribution is 0.215. The van der Waals surface area contributed by atoms with Crippen molar-refractivity contribution in [2.24, 2.45) is 0 Å². The number of ether oxygens (including phenoxy) is 1. The number of hydrogen-bond acceptors (Lipinski definition) is 2. The molecular formula is C10H7NO. The quantitative estimate of drug-likeness (QED) is 0.537. The minimum atomic E-state index is -0.0605. The molecule has 1 aliphatic heterocycles. The topological polar surface area (TPSA) is 33.0 Å². The van der Waals surface area contributed by atoms with Crippen molar-refractivity contribution < 1.29 is 4.74 Å². The Morgan fingerprint density at radius 2 is 2.25 bits per heavy atom. The lowest BCUT2D eigenvalue weighted by Gasteiger charge is -2.20. The van der Waals surface area contributed by atoms with Gasteiger partial charge in [-0.1, -0.05) is 18.2 Å². The Labute approximate surface area is 70.8 Å². The van der Waals surface area contributed by atoms with Crippen molar-refractivity contribution in [3.63, 3.8) is 0 Å². The van der Waals surface area contributed by atoms with Gasteiger partial charge < -0.3 is 4.74 Å². The van der Waals surface area contributed by atoms with Crippen LogP contribution in [0.3, 0.4) is 0 Å². The molecule has 0 aromatic heterocycles. The van der Waals surface area contributed by atoms with Crippen molar-refractivity contribution in [2.45, 2.75) is 6.10 Å². The van der Waals surface area contributed by atoms with Crippen molar-refractivity contribution in [1.29, 1.82) is 5.26 Å². The van der Waals surface area contributed by atoms with Gasteiger partial charge in [-0.15, -0.1) is 0 Å². The number of nitriles is 1. The second-order valence-electron chi connectivity index (χ2n) is 2.58. The zero-order chi connectivity index (χ0) is 8.39. The molecule has 0 aromatic rings. The van der Waals surface area contributed by atoms with E-state index in [1.807, 2.05) is 24.3 Å². The van der Waals surface area contributed by atoms with Crippen molar-refractivity contribution in [3.05, 3.63) is 47.8 Å². The van der Waals surface area contributed by atoms with Crippen molar-refractivity contribution in [3.8, 4) is 6.07 Å². The standard InChI is InChI=1S/C10H7NO/c11-7-8-5-6-12-10-4-2-1-3-9(8)10/h1-6,10H. The third-order valence-corrected chi connectivity index (χ3v) is 1.87. The lowest BCUT2D eigenvalue weighted by atomic mass is 9.98. The summed E-state index contributed by atoms with van der Waals surface area (Å²) < 4.78 is 5.29. The van der Waals surface area contributed by atoms with Gasteiger partial charge in [-0.3, -0.25) is 0 Å². The number of rotatable bonds is 0. The van der Waals surface area contributed by atoms with E-state index in [4.69, 9.17) is 10.00 Å². The SMILES string of the molecule is N#CC1=C2C=CC=CC2OC=C1. The number of fused-ring (bicyclic) bond motifs is 1. The monoisotopic (exact) mass is 157 g/mol. The van der Waals surface area contributed by atoms with Crippen LogP contribution < -0.4 is 0 Å². The normalized spacial score (nSPS) is 24.8. The fourth-order valence-electron chi connectivity index (χ4n) is 1.27. The van der Waals surface area contributed by atoms with Gasteiger partial charge >= 0.3 is 0 Å². The zero-order valence-electron chi connectivity index (χ0n) is 6.40. The highest BCUT2D eigenvalue weighted by atomic mass is 16.5. The molecular weight excluding hydrogens is 150 g/mol. The van der Waals surface area contributed by atoms with Crippen LogP contribution in [0.5, 0.6) is 0 Å². The van der Waals surface area contributed by atoms with Gasteiger partial charge in [-0.2, -0.15) is 5.26 Å². The molecule has 0 aromatic carbocycles. The first-order valence-electron chi connectivity index (χ1n) is 3.73. The van der Waals surface area contributed by atoms with Gasteiger partial charge in [0.1, 0.15) is 6.10 Å². The molecule has 2 nitrogen and oxygen atoms in total. The molecule has 0 saturated carbocycles. The van der Waals surface area contributed by atoms with E-state index in [-0.39, 0.29) is 6.10 Å². The van der Waals surface area contributed by atoms with Gasteiger partial charge in [-0.05, 0) is 12.2 Å². The number of hydrogen-bond donors (Lipinski definition) is 0. The van der Waals surface area contributed by atoms with Crippen LogP contribution >= 0.6 is 0 Å². The predicted molar refractivity (Wildman–Crippen MR) is 44.9 cm³/mol. The summed E-state index contributed by atoms with van der Waals surface area (Å²) in [5, 5.41) is 8.76. The van der Waals surface area contributed by atoms with Crippen LogP contribution in [0.2, 0.25) is 0 Å². The summed E-state index contributed by atoms with van der Waals surface area (Å²) in [6.07, 6.45) is 10.9. The Morgan fingerprint density at radius 3 is 3.08 bits per heavy atom. The third kappa shape index (κ3) is 0.960. The Balaban J connectivity index is 2.48. The van der Waals surface area contributed by atoms with Gasteiger partial charge in [0, 0.05) is 5.57 Å². The molecule has 58 valence electrons. The molecule has 1 atom stereocenters. The van der Waals surface area contributed by atoms with Gasteiger partial charge in [0.2, 0.25) is 0 Å². The first-order valence-corrected chi connectivity index (χ1v) is 3.73. The Bertz CT molecular complexity index is 353. The first-order chi connectivity index (χ1) is 5.92. The van der Waals surface area contributed by atoms with Gasteiger partial charge in [-0.25, -0.2) is 0 Å². The molecule has 2 aliphatic rings. The Hall–Kier alpha value is -1.75. The summed E-state index contributed by atoms with van der Waals surface area (Å²) in [6, 6.07) is 2.13. The second-order valence-corrected chi connectivity index (χ2v) is 2.58. The summed E-state index contributed by atoms with van der Waals surface area (Å²) >= 11 is 0. The van der Waals surface area contributed by atoms with E-state index in [9.17, 15) is 0 Å². The van der Waals surface area contributed by atoms with Gasteiger partial charge in [0.25, 0.3) is 0 Å². The highest BCUT2D eigenvalue weighted by Crippen LogP contribution is 2.23. The van der Waals surface area contributed by atoms with Crippen LogP contribution in [0.1, 0.15) is 0 Å². The fraction of sp³-hybridized carbons (Fsp3) is 0.100. The average Bonchev–Trinajstić information content (AvgIpc) is 2.17. The zero-order valence-corrected chi connectivity index (χ0v) is 6.40. The maximum absolute atomic E-state index is 8.76. The summed E-state index contributed by atoms with van der Waals surface area (Å²) in [6.45, 7) is 0. The molecule has 1 aliphatic carbocycles. The molecule has 1 heterocycles. The third-order valence-electron chi connectivity index (χ3n) is 1.87. The molecule has 0 amide bonds. The van der Waals surface area contributed by atoms with Crippen LogP contribution in [0.4, 0.5) is 0 Å². The van der Waals surface area contributed by atoms with Crippen LogP contribution in [0.25, 0.3) is 0 Å². The summed E-state index contributed by atoms with van der Waals surface area (Å²) in [5.41, 5.74) is 1.63. The minimum Gasteiger partial charge on any atom is -0.489 e.